The summed E-state index contributed by atoms with van der Waals surface area (Å²) in [6.45, 7) is 11.8. The fraction of sp³-hybridized carbons (Fsp3) is 0.767. The summed E-state index contributed by atoms with van der Waals surface area (Å²) in [6, 6.07) is 9.08. The molecule has 0 heterocycles. The molecule has 0 saturated heterocycles. The molecule has 0 amide bonds. The maximum absolute atomic E-state index is 13.1. The Hall–Kier alpha value is -1.08. The van der Waals surface area contributed by atoms with Crippen LogP contribution < -0.4 is 4.72 Å². The zero-order valence-electron chi connectivity index (χ0n) is 23.0. The first kappa shape index (κ1) is 27.9. The average Bonchev–Trinajstić information content (AvgIpc) is 3.20. The van der Waals surface area contributed by atoms with Gasteiger partial charge in [-0.2, -0.15) is 0 Å². The number of aryl methyl sites for hydroxylation is 1. The van der Waals surface area contributed by atoms with Gasteiger partial charge in [0.05, 0.1) is 30.8 Å². The number of hydrogen-bond acceptors (Lipinski definition) is 6. The minimum Gasteiger partial charge on any atom is -0.462 e. The number of benzene rings is 1. The summed E-state index contributed by atoms with van der Waals surface area (Å²) in [5.74, 6) is 1.93. The number of hydrogen-bond donors (Lipinski definition) is 2. The van der Waals surface area contributed by atoms with Gasteiger partial charge < -0.3 is 14.2 Å². The van der Waals surface area contributed by atoms with Crippen LogP contribution in [-0.2, 0) is 25.4 Å². The molecule has 0 spiro atoms. The van der Waals surface area contributed by atoms with Gasteiger partial charge in [-0.25, -0.2) is 0 Å². The molecule has 202 valence electrons. The van der Waals surface area contributed by atoms with Gasteiger partial charge in [-0.1, -0.05) is 44.0 Å². The van der Waals surface area contributed by atoms with E-state index in [1.54, 1.807) is 11.1 Å². The first-order valence-electron chi connectivity index (χ1n) is 14.0. The minimum absolute atomic E-state index is 0.0341. The lowest BCUT2D eigenvalue weighted by molar-refractivity contribution is -0.166. The fourth-order valence-electron chi connectivity index (χ4n) is 7.60. The molecular weight excluding hydrogens is 470 g/mol. The second-order valence-corrected chi connectivity index (χ2v) is 12.8. The summed E-state index contributed by atoms with van der Waals surface area (Å²) in [5.41, 5.74) is 2.37. The van der Waals surface area contributed by atoms with Gasteiger partial charge in [-0.3, -0.25) is 9.52 Å². The number of thiol groups is 1. The molecule has 2 saturated carbocycles. The van der Waals surface area contributed by atoms with E-state index >= 15 is 0 Å². The van der Waals surface area contributed by atoms with Gasteiger partial charge in [-0.15, -0.1) is 0 Å². The Kier molecular flexibility index (Phi) is 8.81. The van der Waals surface area contributed by atoms with E-state index < -0.39 is 5.60 Å². The molecule has 0 bridgehead atoms. The van der Waals surface area contributed by atoms with Gasteiger partial charge in [0.15, 0.2) is 0 Å². The van der Waals surface area contributed by atoms with E-state index in [2.05, 4.69) is 48.7 Å². The van der Waals surface area contributed by atoms with Crippen LogP contribution in [0.2, 0.25) is 0 Å². The average molecular weight is 518 g/mol. The third kappa shape index (κ3) is 5.98. The number of ether oxygens (including phenoxy) is 3. The third-order valence-corrected chi connectivity index (χ3v) is 9.51. The standard InChI is InChI=1S/C30H47NO4S/c1-6-30-16-15-23-22-10-8-7-9-21(22)11-12-24(23)25(30)13-14-26(30)35-27(32)19-28(2,3)33-17-18-34-29(4,5)20-31-36/h7-10,23-26,31,36H,6,11-20H2,1-5H3/t23-,24?,25+,26+,30+/m1/s1. The first-order chi connectivity index (χ1) is 17.1. The number of rotatable bonds is 11. The van der Waals surface area contributed by atoms with E-state index in [9.17, 15) is 4.79 Å². The van der Waals surface area contributed by atoms with Crippen molar-refractivity contribution in [2.45, 2.75) is 109 Å². The molecule has 1 N–H and O–H groups in total. The summed E-state index contributed by atoms with van der Waals surface area (Å²) < 4.78 is 21.0. The van der Waals surface area contributed by atoms with Crippen molar-refractivity contribution in [1.82, 2.24) is 4.72 Å². The van der Waals surface area contributed by atoms with Crippen LogP contribution in [0, 0.1) is 17.3 Å². The largest absolute Gasteiger partial charge is 0.462 e. The molecule has 1 aromatic rings. The molecule has 5 atom stereocenters. The van der Waals surface area contributed by atoms with Crippen LogP contribution in [0.15, 0.2) is 24.3 Å². The van der Waals surface area contributed by atoms with E-state index in [1.165, 1.54) is 25.7 Å². The van der Waals surface area contributed by atoms with E-state index in [0.29, 0.717) is 31.6 Å². The fourth-order valence-corrected chi connectivity index (χ4v) is 7.98. The Morgan fingerprint density at radius 3 is 2.50 bits per heavy atom. The van der Waals surface area contributed by atoms with Crippen molar-refractivity contribution >= 4 is 18.8 Å². The van der Waals surface area contributed by atoms with Crippen molar-refractivity contribution in [2.75, 3.05) is 19.8 Å². The molecule has 36 heavy (non-hydrogen) atoms. The van der Waals surface area contributed by atoms with Crippen LogP contribution in [0.3, 0.4) is 0 Å². The van der Waals surface area contributed by atoms with E-state index in [-0.39, 0.29) is 29.5 Å². The maximum Gasteiger partial charge on any atom is 0.308 e. The molecule has 4 rings (SSSR count). The molecule has 0 radical (unpaired) electrons. The van der Waals surface area contributed by atoms with Crippen LogP contribution in [-0.4, -0.2) is 43.0 Å². The van der Waals surface area contributed by atoms with Gasteiger partial charge >= 0.3 is 5.97 Å². The lowest BCUT2D eigenvalue weighted by Gasteiger charge is -2.51. The minimum atomic E-state index is -0.589. The Balaban J connectivity index is 1.32. The summed E-state index contributed by atoms with van der Waals surface area (Å²) in [6.07, 6.45) is 8.41. The molecular formula is C30H47NO4S. The van der Waals surface area contributed by atoms with Gasteiger partial charge in [0.1, 0.15) is 6.10 Å². The van der Waals surface area contributed by atoms with Crippen molar-refractivity contribution in [3.63, 3.8) is 0 Å². The quantitative estimate of drug-likeness (QED) is 0.206. The van der Waals surface area contributed by atoms with Crippen LogP contribution in [0.4, 0.5) is 0 Å². The Bertz CT molecular complexity index is 903. The van der Waals surface area contributed by atoms with Gasteiger partial charge in [-0.05, 0) is 102 Å². The van der Waals surface area contributed by atoms with Crippen molar-refractivity contribution in [3.8, 4) is 0 Å². The zero-order valence-corrected chi connectivity index (χ0v) is 23.9. The van der Waals surface area contributed by atoms with Crippen molar-refractivity contribution in [3.05, 3.63) is 35.4 Å². The molecule has 0 aromatic heterocycles. The number of fused-ring (bicyclic) bond motifs is 5. The predicted octanol–water partition coefficient (Wildman–Crippen LogP) is 6.26. The Morgan fingerprint density at radius 2 is 1.78 bits per heavy atom. The van der Waals surface area contributed by atoms with Crippen LogP contribution in [0.5, 0.6) is 0 Å². The van der Waals surface area contributed by atoms with Crippen LogP contribution >= 0.6 is 12.8 Å². The molecule has 3 aliphatic carbocycles. The SMILES string of the molecule is CC[C@]12CC[C@@H]3c4ccccc4CCC3[C@@H]1CC[C@@H]2OC(=O)CC(C)(C)OCCOC(C)(C)CNS. The topological polar surface area (TPSA) is 56.8 Å². The lowest BCUT2D eigenvalue weighted by atomic mass is 9.54. The van der Waals surface area contributed by atoms with Gasteiger partial charge in [0, 0.05) is 12.0 Å². The highest BCUT2D eigenvalue weighted by atomic mass is 32.1. The molecule has 2 fully saturated rings. The van der Waals surface area contributed by atoms with Crippen molar-refractivity contribution in [2.24, 2.45) is 17.3 Å². The highest BCUT2D eigenvalue weighted by Crippen LogP contribution is 2.63. The Morgan fingerprint density at radius 1 is 1.06 bits per heavy atom. The summed E-state index contributed by atoms with van der Waals surface area (Å²) in [7, 11) is 0. The number of esters is 1. The Labute approximate surface area is 224 Å². The number of carbonyl (C=O) groups is 1. The van der Waals surface area contributed by atoms with E-state index in [4.69, 9.17) is 14.2 Å². The van der Waals surface area contributed by atoms with Crippen LogP contribution in [0.1, 0.15) is 96.6 Å². The summed E-state index contributed by atoms with van der Waals surface area (Å²) in [4.78, 5) is 13.1. The van der Waals surface area contributed by atoms with Crippen LogP contribution in [0.25, 0.3) is 0 Å². The van der Waals surface area contributed by atoms with E-state index in [1.807, 2.05) is 27.7 Å². The normalized spacial score (nSPS) is 29.8. The smallest absolute Gasteiger partial charge is 0.308 e. The summed E-state index contributed by atoms with van der Waals surface area (Å²) >= 11 is 4.05. The zero-order chi connectivity index (χ0) is 26.0. The van der Waals surface area contributed by atoms with Gasteiger partial charge in [0.25, 0.3) is 0 Å². The highest BCUT2D eigenvalue weighted by Gasteiger charge is 2.57. The number of nitrogens with one attached hydrogen (secondary N) is 1. The molecule has 1 unspecified atom stereocenters. The second-order valence-electron chi connectivity index (χ2n) is 12.5. The first-order valence-corrected chi connectivity index (χ1v) is 14.5. The van der Waals surface area contributed by atoms with E-state index in [0.717, 1.165) is 25.2 Å². The van der Waals surface area contributed by atoms with Crippen molar-refractivity contribution in [1.29, 1.82) is 0 Å². The second kappa shape index (κ2) is 11.3. The molecule has 5 nitrogen and oxygen atoms in total. The molecule has 1 aromatic carbocycles. The van der Waals surface area contributed by atoms with Gasteiger partial charge in [0.2, 0.25) is 0 Å². The molecule has 0 aliphatic heterocycles. The predicted molar refractivity (Wildman–Crippen MR) is 147 cm³/mol. The van der Waals surface area contributed by atoms with Crippen molar-refractivity contribution < 1.29 is 19.0 Å². The molecule has 6 heteroatoms. The highest BCUT2D eigenvalue weighted by molar-refractivity contribution is 7.78. The lowest BCUT2D eigenvalue weighted by Crippen LogP contribution is -2.47. The number of carbonyl (C=O) groups excluding carboxylic acids is 1. The molecule has 3 aliphatic rings. The summed E-state index contributed by atoms with van der Waals surface area (Å²) in [5, 5.41) is 0. The maximum atomic E-state index is 13.1. The monoisotopic (exact) mass is 517 g/mol. The third-order valence-electron chi connectivity index (χ3n) is 9.35.